The molecule has 0 unspecified atom stereocenters. The molecule has 2 heterocycles. The first kappa shape index (κ1) is 23.8. The molecule has 0 saturated heterocycles. The van der Waals surface area contributed by atoms with Gasteiger partial charge in [0, 0.05) is 31.0 Å². The van der Waals surface area contributed by atoms with Gasteiger partial charge in [0.25, 0.3) is 11.5 Å². The van der Waals surface area contributed by atoms with Crippen molar-refractivity contribution < 1.29 is 23.0 Å². The van der Waals surface area contributed by atoms with Crippen LogP contribution in [-0.4, -0.2) is 35.7 Å². The molecular formula is C24H22ClF2N3O4. The van der Waals surface area contributed by atoms with Crippen LogP contribution in [-0.2, 0) is 29.1 Å². The molecule has 34 heavy (non-hydrogen) atoms. The molecule has 7 nitrogen and oxygen atoms in total. The van der Waals surface area contributed by atoms with Gasteiger partial charge < -0.3 is 14.4 Å². The van der Waals surface area contributed by atoms with Crippen LogP contribution >= 0.6 is 11.6 Å². The van der Waals surface area contributed by atoms with Gasteiger partial charge in [0.1, 0.15) is 30.7 Å². The molecule has 0 radical (unpaired) electrons. The monoisotopic (exact) mass is 489 g/mol. The number of hydrogen-bond donors (Lipinski definition) is 0. The summed E-state index contributed by atoms with van der Waals surface area (Å²) in [6.45, 7) is 2.20. The number of rotatable bonds is 7. The fourth-order valence-electron chi connectivity index (χ4n) is 3.88. The lowest BCUT2D eigenvalue weighted by Gasteiger charge is -2.17. The van der Waals surface area contributed by atoms with Crippen molar-refractivity contribution in [3.05, 3.63) is 85.9 Å². The Labute approximate surface area is 199 Å². The lowest BCUT2D eigenvalue weighted by molar-refractivity contribution is -0.122. The van der Waals surface area contributed by atoms with Gasteiger partial charge in [0.2, 0.25) is 5.88 Å². The topological polar surface area (TPSA) is 73.7 Å². The predicted octanol–water partition coefficient (Wildman–Crippen LogP) is 3.65. The third kappa shape index (κ3) is 4.80. The van der Waals surface area contributed by atoms with Crippen LogP contribution < -0.4 is 15.2 Å². The summed E-state index contributed by atoms with van der Waals surface area (Å²) in [6, 6.07) is 8.78. The SMILES string of the molecule is COCC(=O)N1CCc2cc(Cn3c(C)nc(OCc4ccc(F)cc4F)c(Cl)c3=O)ccc21. The van der Waals surface area contributed by atoms with Crippen molar-refractivity contribution in [2.75, 3.05) is 25.2 Å². The summed E-state index contributed by atoms with van der Waals surface area (Å²) in [7, 11) is 1.48. The maximum absolute atomic E-state index is 13.9. The van der Waals surface area contributed by atoms with E-state index >= 15 is 0 Å². The second kappa shape index (κ2) is 9.90. The molecule has 1 aliphatic rings. The fourth-order valence-corrected chi connectivity index (χ4v) is 4.08. The Bertz CT molecular complexity index is 1310. The minimum atomic E-state index is -0.764. The van der Waals surface area contributed by atoms with E-state index in [1.54, 1.807) is 11.8 Å². The highest BCUT2D eigenvalue weighted by Gasteiger charge is 2.25. The van der Waals surface area contributed by atoms with E-state index in [0.717, 1.165) is 28.9 Å². The Morgan fingerprint density at radius 3 is 2.74 bits per heavy atom. The molecule has 0 atom stereocenters. The van der Waals surface area contributed by atoms with Crippen LogP contribution in [0.5, 0.6) is 5.88 Å². The van der Waals surface area contributed by atoms with E-state index < -0.39 is 17.2 Å². The average molecular weight is 490 g/mol. The molecule has 1 aliphatic heterocycles. The lowest BCUT2D eigenvalue weighted by atomic mass is 10.1. The maximum Gasteiger partial charge on any atom is 0.276 e. The molecule has 0 fully saturated rings. The Morgan fingerprint density at radius 1 is 1.21 bits per heavy atom. The van der Waals surface area contributed by atoms with Gasteiger partial charge in [-0.25, -0.2) is 8.78 Å². The van der Waals surface area contributed by atoms with Gasteiger partial charge in [-0.05, 0) is 42.7 Å². The molecule has 0 spiro atoms. The molecule has 0 N–H and O–H groups in total. The zero-order valence-electron chi connectivity index (χ0n) is 18.6. The summed E-state index contributed by atoms with van der Waals surface area (Å²) in [5.41, 5.74) is 2.30. The second-order valence-electron chi connectivity index (χ2n) is 7.89. The lowest BCUT2D eigenvalue weighted by Crippen LogP contribution is -2.31. The number of benzene rings is 2. The summed E-state index contributed by atoms with van der Waals surface area (Å²) in [5, 5.41) is -0.231. The highest BCUT2D eigenvalue weighted by molar-refractivity contribution is 6.31. The van der Waals surface area contributed by atoms with Gasteiger partial charge in [-0.3, -0.25) is 14.2 Å². The van der Waals surface area contributed by atoms with E-state index in [-0.39, 0.29) is 42.1 Å². The van der Waals surface area contributed by atoms with Gasteiger partial charge in [0.15, 0.2) is 5.02 Å². The maximum atomic E-state index is 13.9. The van der Waals surface area contributed by atoms with Gasteiger partial charge in [0.05, 0.1) is 6.54 Å². The molecule has 4 rings (SSSR count). The number of fused-ring (bicyclic) bond motifs is 1. The molecule has 178 valence electrons. The second-order valence-corrected chi connectivity index (χ2v) is 8.26. The molecular weight excluding hydrogens is 468 g/mol. The summed E-state index contributed by atoms with van der Waals surface area (Å²) in [4.78, 5) is 31.1. The van der Waals surface area contributed by atoms with Crippen molar-refractivity contribution in [3.8, 4) is 5.88 Å². The predicted molar refractivity (Wildman–Crippen MR) is 122 cm³/mol. The van der Waals surface area contributed by atoms with E-state index in [2.05, 4.69) is 4.98 Å². The Kier molecular flexibility index (Phi) is 6.95. The smallest absolute Gasteiger partial charge is 0.276 e. The van der Waals surface area contributed by atoms with Crippen LogP contribution in [0, 0.1) is 18.6 Å². The number of halogens is 3. The van der Waals surface area contributed by atoms with Crippen LogP contribution in [0.2, 0.25) is 5.02 Å². The van der Waals surface area contributed by atoms with E-state index in [4.69, 9.17) is 21.1 Å². The largest absolute Gasteiger partial charge is 0.471 e. The number of ether oxygens (including phenoxy) is 2. The van der Waals surface area contributed by atoms with Gasteiger partial charge >= 0.3 is 0 Å². The van der Waals surface area contributed by atoms with Crippen molar-refractivity contribution in [1.29, 1.82) is 0 Å². The summed E-state index contributed by atoms with van der Waals surface area (Å²) in [5.74, 6) is -1.32. The minimum absolute atomic E-state index is 0.0160. The number of aryl methyl sites for hydroxylation is 1. The van der Waals surface area contributed by atoms with Crippen molar-refractivity contribution >= 4 is 23.2 Å². The number of carbonyl (C=O) groups excluding carboxylic acids is 1. The van der Waals surface area contributed by atoms with Crippen LogP contribution in [0.25, 0.3) is 0 Å². The molecule has 3 aromatic rings. The van der Waals surface area contributed by atoms with Crippen molar-refractivity contribution in [1.82, 2.24) is 9.55 Å². The van der Waals surface area contributed by atoms with E-state index in [1.165, 1.54) is 17.7 Å². The van der Waals surface area contributed by atoms with Crippen molar-refractivity contribution in [3.63, 3.8) is 0 Å². The number of methoxy groups -OCH3 is 1. The molecule has 0 aliphatic carbocycles. The minimum Gasteiger partial charge on any atom is -0.471 e. The molecule has 1 aromatic heterocycles. The standard InChI is InChI=1S/C24H22ClF2N3O4/c1-14-28-23(34-12-17-4-5-18(26)10-19(17)27)22(25)24(32)30(14)11-15-3-6-20-16(9-15)7-8-29(20)21(31)13-33-2/h3-6,9-10H,7-8,11-13H2,1-2H3. The van der Waals surface area contributed by atoms with Gasteiger partial charge in [-0.2, -0.15) is 4.98 Å². The number of amides is 1. The Morgan fingerprint density at radius 2 is 2.00 bits per heavy atom. The van der Waals surface area contributed by atoms with Crippen LogP contribution in [0.15, 0.2) is 41.2 Å². The Hall–Kier alpha value is -3.30. The summed E-state index contributed by atoms with van der Waals surface area (Å²) >= 11 is 6.21. The average Bonchev–Trinajstić information content (AvgIpc) is 3.23. The number of hydrogen-bond acceptors (Lipinski definition) is 5. The Balaban J connectivity index is 1.53. The summed E-state index contributed by atoms with van der Waals surface area (Å²) in [6.07, 6.45) is 0.707. The van der Waals surface area contributed by atoms with E-state index in [9.17, 15) is 18.4 Å². The zero-order valence-corrected chi connectivity index (χ0v) is 19.4. The fraction of sp³-hybridized carbons (Fsp3) is 0.292. The van der Waals surface area contributed by atoms with E-state index in [1.807, 2.05) is 18.2 Å². The third-order valence-corrected chi connectivity index (χ3v) is 5.93. The van der Waals surface area contributed by atoms with Gasteiger partial charge in [-0.1, -0.05) is 23.7 Å². The van der Waals surface area contributed by atoms with Crippen LogP contribution in [0.3, 0.4) is 0 Å². The highest BCUT2D eigenvalue weighted by atomic mass is 35.5. The zero-order chi connectivity index (χ0) is 24.4. The number of anilines is 1. The van der Waals surface area contributed by atoms with Crippen LogP contribution in [0.1, 0.15) is 22.5 Å². The summed E-state index contributed by atoms with van der Waals surface area (Å²) < 4.78 is 38.8. The highest BCUT2D eigenvalue weighted by Crippen LogP contribution is 2.29. The molecule has 0 saturated carbocycles. The molecule has 2 aromatic carbocycles. The first-order valence-corrected chi connectivity index (χ1v) is 10.9. The van der Waals surface area contributed by atoms with Gasteiger partial charge in [-0.15, -0.1) is 0 Å². The van der Waals surface area contributed by atoms with Crippen LogP contribution in [0.4, 0.5) is 14.5 Å². The first-order chi connectivity index (χ1) is 16.3. The van der Waals surface area contributed by atoms with Crippen molar-refractivity contribution in [2.45, 2.75) is 26.5 Å². The third-order valence-electron chi connectivity index (χ3n) is 5.60. The molecule has 10 heteroatoms. The molecule has 1 amide bonds. The number of carbonyl (C=O) groups is 1. The van der Waals surface area contributed by atoms with Crippen molar-refractivity contribution in [2.24, 2.45) is 0 Å². The number of aromatic nitrogens is 2. The molecule has 0 bridgehead atoms. The quantitative estimate of drug-likeness (QED) is 0.506. The first-order valence-electron chi connectivity index (χ1n) is 10.5. The van der Waals surface area contributed by atoms with E-state index in [0.29, 0.717) is 18.8 Å². The number of nitrogens with zero attached hydrogens (tertiary/aromatic N) is 3. The normalized spacial score (nSPS) is 12.7.